The minimum absolute atomic E-state index is 0.00247. The number of benzene rings is 2. The van der Waals surface area contributed by atoms with Crippen molar-refractivity contribution in [2.45, 2.75) is 71.3 Å². The van der Waals surface area contributed by atoms with Crippen molar-refractivity contribution in [3.8, 4) is 11.1 Å². The van der Waals surface area contributed by atoms with Crippen LogP contribution in [0.4, 0.5) is 10.5 Å². The highest BCUT2D eigenvalue weighted by molar-refractivity contribution is 5.91. The fourth-order valence-electron chi connectivity index (χ4n) is 6.24. The zero-order chi connectivity index (χ0) is 31.9. The number of nitrogens with zero attached hydrogens (tertiary/aromatic N) is 2. The molecule has 2 aromatic rings. The summed E-state index contributed by atoms with van der Waals surface area (Å²) in [5, 5.41) is 9.08. The van der Waals surface area contributed by atoms with Crippen molar-refractivity contribution in [1.82, 2.24) is 20.4 Å². The molecule has 2 heterocycles. The number of hydrogen-bond donors (Lipinski definition) is 3. The number of amides is 3. The maximum Gasteiger partial charge on any atom is 0.411 e. The van der Waals surface area contributed by atoms with Gasteiger partial charge in [0.15, 0.2) is 0 Å². The number of hydrogen-bond acceptors (Lipinski definition) is 6. The molecule has 4 rings (SSSR count). The first-order valence-corrected chi connectivity index (χ1v) is 17.0. The fraction of sp³-hybridized carbons (Fsp3) is 0.583. The van der Waals surface area contributed by atoms with Gasteiger partial charge in [-0.25, -0.2) is 4.79 Å². The third-order valence-electron chi connectivity index (χ3n) is 9.10. The summed E-state index contributed by atoms with van der Waals surface area (Å²) >= 11 is 0. The van der Waals surface area contributed by atoms with Crippen LogP contribution in [0.15, 0.2) is 54.6 Å². The lowest BCUT2D eigenvalue weighted by Crippen LogP contribution is -2.42. The number of likely N-dealkylation sites (tertiary alicyclic amines) is 2. The van der Waals surface area contributed by atoms with Crippen LogP contribution in [0.3, 0.4) is 0 Å². The van der Waals surface area contributed by atoms with Crippen LogP contribution in [0.25, 0.3) is 11.1 Å². The van der Waals surface area contributed by atoms with Crippen LogP contribution in [-0.4, -0.2) is 86.2 Å². The summed E-state index contributed by atoms with van der Waals surface area (Å²) in [4.78, 5) is 42.3. The van der Waals surface area contributed by atoms with Gasteiger partial charge in [-0.15, -0.1) is 0 Å². The molecule has 1 unspecified atom stereocenters. The summed E-state index contributed by atoms with van der Waals surface area (Å²) in [5.74, 6) is 0.510. The number of rotatable bonds is 15. The number of nitrogens with one attached hydrogen (secondary N) is 3. The molecule has 0 bridgehead atoms. The molecule has 1 atom stereocenters. The van der Waals surface area contributed by atoms with Crippen molar-refractivity contribution in [3.05, 3.63) is 54.6 Å². The van der Waals surface area contributed by atoms with Crippen LogP contribution >= 0.6 is 0 Å². The Kier molecular flexibility index (Phi) is 14.2. The van der Waals surface area contributed by atoms with E-state index in [0.29, 0.717) is 6.54 Å². The van der Waals surface area contributed by atoms with Gasteiger partial charge in [0.05, 0.1) is 5.69 Å². The van der Waals surface area contributed by atoms with Crippen LogP contribution in [0.1, 0.15) is 65.2 Å². The highest BCUT2D eigenvalue weighted by Gasteiger charge is 2.25. The van der Waals surface area contributed by atoms with Gasteiger partial charge in [0, 0.05) is 50.1 Å². The van der Waals surface area contributed by atoms with Gasteiger partial charge < -0.3 is 25.2 Å². The van der Waals surface area contributed by atoms with Crippen LogP contribution in [-0.2, 0) is 14.3 Å². The Morgan fingerprint density at radius 2 is 1.49 bits per heavy atom. The summed E-state index contributed by atoms with van der Waals surface area (Å²) in [6.45, 7) is 11.0. The molecule has 2 saturated heterocycles. The zero-order valence-corrected chi connectivity index (χ0v) is 27.3. The van der Waals surface area contributed by atoms with Crippen molar-refractivity contribution in [2.24, 2.45) is 11.8 Å². The number of anilines is 1. The molecular formula is C36H53N5O4. The van der Waals surface area contributed by atoms with Crippen LogP contribution in [0.5, 0.6) is 0 Å². The first kappa shape index (κ1) is 34.4. The minimum atomic E-state index is -0.422. The van der Waals surface area contributed by atoms with E-state index in [2.05, 4.69) is 32.7 Å². The molecule has 2 fully saturated rings. The van der Waals surface area contributed by atoms with E-state index < -0.39 is 6.09 Å². The van der Waals surface area contributed by atoms with E-state index in [0.717, 1.165) is 114 Å². The van der Waals surface area contributed by atoms with E-state index in [1.54, 1.807) is 0 Å². The van der Waals surface area contributed by atoms with Gasteiger partial charge in [0.1, 0.15) is 6.10 Å². The van der Waals surface area contributed by atoms with Crippen LogP contribution in [0, 0.1) is 11.8 Å². The summed E-state index contributed by atoms with van der Waals surface area (Å²) in [6.07, 6.45) is 6.89. The largest absolute Gasteiger partial charge is 0.446 e. The number of ether oxygens (including phenoxy) is 1. The van der Waals surface area contributed by atoms with Crippen LogP contribution in [0.2, 0.25) is 0 Å². The third-order valence-corrected chi connectivity index (χ3v) is 9.10. The third kappa shape index (κ3) is 11.5. The molecule has 0 aliphatic carbocycles. The molecule has 2 aliphatic heterocycles. The molecule has 246 valence electrons. The second-order valence-corrected chi connectivity index (χ2v) is 12.6. The topological polar surface area (TPSA) is 103 Å². The van der Waals surface area contributed by atoms with Crippen LogP contribution < -0.4 is 16.0 Å². The number of unbranched alkanes of at least 4 members (excludes halogenated alkanes) is 1. The van der Waals surface area contributed by atoms with E-state index in [1.807, 2.05) is 61.5 Å². The Balaban J connectivity index is 1.04. The van der Waals surface area contributed by atoms with Crippen molar-refractivity contribution in [2.75, 3.05) is 57.7 Å². The lowest BCUT2D eigenvalue weighted by molar-refractivity contribution is -0.126. The van der Waals surface area contributed by atoms with Gasteiger partial charge in [0.25, 0.3) is 0 Å². The lowest BCUT2D eigenvalue weighted by Gasteiger charge is -2.31. The Bertz CT molecular complexity index is 1190. The normalized spacial score (nSPS) is 17.4. The number of piperidine rings is 2. The number of carbonyl (C=O) groups is 3. The van der Waals surface area contributed by atoms with Crippen molar-refractivity contribution in [1.29, 1.82) is 0 Å². The maximum absolute atomic E-state index is 12.7. The highest BCUT2D eigenvalue weighted by atomic mass is 16.6. The van der Waals surface area contributed by atoms with Gasteiger partial charge >= 0.3 is 6.09 Å². The van der Waals surface area contributed by atoms with E-state index >= 15 is 0 Å². The monoisotopic (exact) mass is 619 g/mol. The molecular weight excluding hydrogens is 566 g/mol. The van der Waals surface area contributed by atoms with Crippen molar-refractivity contribution in [3.63, 3.8) is 0 Å². The highest BCUT2D eigenvalue weighted by Crippen LogP contribution is 2.28. The summed E-state index contributed by atoms with van der Waals surface area (Å²) in [5.41, 5.74) is 2.74. The molecule has 0 spiro atoms. The van der Waals surface area contributed by atoms with Gasteiger partial charge in [0.2, 0.25) is 11.8 Å². The molecule has 3 N–H and O–H groups in total. The molecule has 9 heteroatoms. The van der Waals surface area contributed by atoms with E-state index in [-0.39, 0.29) is 29.8 Å². The van der Waals surface area contributed by atoms with Crippen molar-refractivity contribution >= 4 is 23.6 Å². The Morgan fingerprint density at radius 1 is 0.822 bits per heavy atom. The molecule has 3 amide bonds. The van der Waals surface area contributed by atoms with Gasteiger partial charge in [-0.1, -0.05) is 68.8 Å². The smallest absolute Gasteiger partial charge is 0.411 e. The average Bonchev–Trinajstić information content (AvgIpc) is 3.07. The SMILES string of the molecule is CCCNC(=O)C1CCN(CCCCC(C)C(=O)NCCN2CCC(OC(=O)Nc3ccccc3-c3ccccc3)CC2)CC1. The average molecular weight is 620 g/mol. The fourth-order valence-corrected chi connectivity index (χ4v) is 6.24. The summed E-state index contributed by atoms with van der Waals surface area (Å²) in [7, 11) is 0. The second kappa shape index (κ2) is 18.5. The minimum Gasteiger partial charge on any atom is -0.446 e. The summed E-state index contributed by atoms with van der Waals surface area (Å²) in [6, 6.07) is 17.7. The first-order valence-electron chi connectivity index (χ1n) is 17.0. The molecule has 2 aliphatic rings. The van der Waals surface area contributed by atoms with E-state index in [4.69, 9.17) is 4.74 Å². The number of carbonyl (C=O) groups excluding carboxylic acids is 3. The lowest BCUT2D eigenvalue weighted by atomic mass is 9.95. The standard InChI is InChI=1S/C36H53N5O4/c1-3-20-37-35(43)30-16-23-40(24-17-30)22-10-9-11-28(2)34(42)38-21-27-41-25-18-31(19-26-41)45-36(44)39-33-15-8-7-14-32(33)29-12-5-4-6-13-29/h4-8,12-15,28,30-31H,3,9-11,16-27H2,1-2H3,(H,37,43)(H,38,42)(H,39,44). The van der Waals surface area contributed by atoms with Crippen molar-refractivity contribution < 1.29 is 19.1 Å². The Labute approximate surface area is 269 Å². The molecule has 2 aromatic carbocycles. The Hall–Kier alpha value is -3.43. The van der Waals surface area contributed by atoms with E-state index in [9.17, 15) is 14.4 Å². The molecule has 9 nitrogen and oxygen atoms in total. The quantitative estimate of drug-likeness (QED) is 0.227. The second-order valence-electron chi connectivity index (χ2n) is 12.6. The van der Waals surface area contributed by atoms with Gasteiger partial charge in [-0.05, 0) is 76.2 Å². The van der Waals surface area contributed by atoms with Gasteiger partial charge in [-0.2, -0.15) is 0 Å². The Morgan fingerprint density at radius 3 is 2.22 bits per heavy atom. The summed E-state index contributed by atoms with van der Waals surface area (Å²) < 4.78 is 5.76. The zero-order valence-electron chi connectivity index (χ0n) is 27.3. The molecule has 0 radical (unpaired) electrons. The first-order chi connectivity index (χ1) is 21.9. The molecule has 45 heavy (non-hydrogen) atoms. The molecule has 0 saturated carbocycles. The predicted molar refractivity (Wildman–Crippen MR) is 180 cm³/mol. The predicted octanol–water partition coefficient (Wildman–Crippen LogP) is 5.53. The van der Waals surface area contributed by atoms with E-state index in [1.165, 1.54) is 0 Å². The van der Waals surface area contributed by atoms with Gasteiger partial charge in [-0.3, -0.25) is 14.9 Å². The molecule has 0 aromatic heterocycles. The number of para-hydroxylation sites is 1. The maximum atomic E-state index is 12.7.